The van der Waals surface area contributed by atoms with Gasteiger partial charge in [0.25, 0.3) is 0 Å². The van der Waals surface area contributed by atoms with Gasteiger partial charge in [0.1, 0.15) is 0 Å². The van der Waals surface area contributed by atoms with E-state index in [0.29, 0.717) is 10.2 Å². The van der Waals surface area contributed by atoms with E-state index in [-0.39, 0.29) is 5.75 Å². The van der Waals surface area contributed by atoms with Gasteiger partial charge in [0, 0.05) is 4.47 Å². The topological polar surface area (TPSA) is 66.4 Å². The van der Waals surface area contributed by atoms with E-state index in [2.05, 4.69) is 20.7 Å². The van der Waals surface area contributed by atoms with Gasteiger partial charge in [-0.15, -0.1) is 0 Å². The number of nitrogens with one attached hydrogen (secondary N) is 1. The zero-order chi connectivity index (χ0) is 11.5. The van der Waals surface area contributed by atoms with E-state index in [9.17, 15) is 8.42 Å². The molecule has 0 aliphatic rings. The monoisotopic (exact) mass is 293 g/mol. The van der Waals surface area contributed by atoms with Gasteiger partial charge in [-0.05, 0) is 34.5 Å². The molecule has 0 aromatic heterocycles. The molecular formula is C9H12BrNO3S. The van der Waals surface area contributed by atoms with Crippen molar-refractivity contribution in [1.29, 1.82) is 0 Å². The molecule has 0 radical (unpaired) electrons. The summed E-state index contributed by atoms with van der Waals surface area (Å²) in [5.74, 6) is -0.298. The number of anilines is 1. The van der Waals surface area contributed by atoms with Crippen LogP contribution >= 0.6 is 15.9 Å². The zero-order valence-electron chi connectivity index (χ0n) is 8.20. The molecule has 15 heavy (non-hydrogen) atoms. The van der Waals surface area contributed by atoms with Gasteiger partial charge in [0.05, 0.1) is 18.0 Å². The van der Waals surface area contributed by atoms with Crippen molar-refractivity contribution in [2.45, 2.75) is 6.92 Å². The van der Waals surface area contributed by atoms with Crippen LogP contribution in [0.1, 0.15) is 5.56 Å². The fourth-order valence-corrected chi connectivity index (χ4v) is 2.41. The van der Waals surface area contributed by atoms with Crippen molar-refractivity contribution in [3.05, 3.63) is 28.2 Å². The second-order valence-corrected chi connectivity index (χ2v) is 5.72. The predicted octanol–water partition coefficient (Wildman–Crippen LogP) is 1.49. The lowest BCUT2D eigenvalue weighted by Gasteiger charge is -2.09. The highest BCUT2D eigenvalue weighted by atomic mass is 79.9. The van der Waals surface area contributed by atoms with E-state index in [1.54, 1.807) is 12.1 Å². The van der Waals surface area contributed by atoms with Crippen molar-refractivity contribution in [3.8, 4) is 0 Å². The number of hydrogen-bond acceptors (Lipinski definition) is 3. The third-order valence-corrected chi connectivity index (χ3v) is 4.12. The van der Waals surface area contributed by atoms with Gasteiger partial charge < -0.3 is 5.11 Å². The van der Waals surface area contributed by atoms with Crippen molar-refractivity contribution in [2.75, 3.05) is 17.1 Å². The van der Waals surface area contributed by atoms with Gasteiger partial charge in [-0.25, -0.2) is 8.42 Å². The fraction of sp³-hybridized carbons (Fsp3) is 0.333. The Morgan fingerprint density at radius 1 is 1.47 bits per heavy atom. The summed E-state index contributed by atoms with van der Waals surface area (Å²) in [5.41, 5.74) is 1.43. The predicted molar refractivity (Wildman–Crippen MR) is 63.4 cm³/mol. The Labute approximate surface area is 97.5 Å². The van der Waals surface area contributed by atoms with E-state index in [1.807, 2.05) is 13.0 Å². The number of hydrogen-bond donors (Lipinski definition) is 2. The molecule has 6 heteroatoms. The maximum absolute atomic E-state index is 11.4. The molecular weight excluding hydrogens is 282 g/mol. The molecule has 0 amide bonds. The maximum atomic E-state index is 11.4. The summed E-state index contributed by atoms with van der Waals surface area (Å²) >= 11 is 3.29. The minimum atomic E-state index is -3.45. The minimum absolute atomic E-state index is 0.298. The van der Waals surface area contributed by atoms with Crippen LogP contribution in [0.3, 0.4) is 0 Å². The lowest BCUT2D eigenvalue weighted by Crippen LogP contribution is -2.19. The molecule has 1 aromatic rings. The highest BCUT2D eigenvalue weighted by molar-refractivity contribution is 9.10. The highest BCUT2D eigenvalue weighted by Gasteiger charge is 2.11. The average Bonchev–Trinajstić information content (AvgIpc) is 2.12. The third-order valence-electron chi connectivity index (χ3n) is 1.82. The number of halogens is 1. The molecule has 1 aromatic carbocycles. The molecule has 0 aliphatic carbocycles. The number of benzene rings is 1. The van der Waals surface area contributed by atoms with Crippen molar-refractivity contribution < 1.29 is 13.5 Å². The molecule has 0 unspecified atom stereocenters. The quantitative estimate of drug-likeness (QED) is 0.884. The molecule has 0 atom stereocenters. The van der Waals surface area contributed by atoms with E-state index in [0.717, 1.165) is 5.56 Å². The summed E-state index contributed by atoms with van der Waals surface area (Å²) < 4.78 is 25.9. The van der Waals surface area contributed by atoms with Crippen LogP contribution in [0.2, 0.25) is 0 Å². The normalized spacial score (nSPS) is 11.4. The molecule has 0 saturated heterocycles. The first-order valence-corrected chi connectivity index (χ1v) is 6.77. The molecule has 1 rings (SSSR count). The van der Waals surface area contributed by atoms with Crippen LogP contribution in [0.5, 0.6) is 0 Å². The number of rotatable bonds is 4. The number of aliphatic hydroxyl groups is 1. The summed E-state index contributed by atoms with van der Waals surface area (Å²) in [5, 5.41) is 8.57. The lowest BCUT2D eigenvalue weighted by molar-refractivity contribution is 0.320. The van der Waals surface area contributed by atoms with Crippen molar-refractivity contribution >= 4 is 31.6 Å². The first kappa shape index (κ1) is 12.5. The molecule has 0 spiro atoms. The SMILES string of the molecule is Cc1cccc(NS(=O)(=O)CCO)c1Br. The van der Waals surface area contributed by atoms with Crippen molar-refractivity contribution in [1.82, 2.24) is 0 Å². The highest BCUT2D eigenvalue weighted by Crippen LogP contribution is 2.26. The van der Waals surface area contributed by atoms with Gasteiger partial charge in [0.2, 0.25) is 10.0 Å². The Bertz CT molecular complexity index is 445. The Morgan fingerprint density at radius 3 is 2.73 bits per heavy atom. The molecule has 0 fully saturated rings. The van der Waals surface area contributed by atoms with E-state index >= 15 is 0 Å². The van der Waals surface area contributed by atoms with Gasteiger partial charge in [-0.2, -0.15) is 0 Å². The second-order valence-electron chi connectivity index (χ2n) is 3.08. The van der Waals surface area contributed by atoms with Crippen LogP contribution in [-0.2, 0) is 10.0 Å². The van der Waals surface area contributed by atoms with E-state index in [4.69, 9.17) is 5.11 Å². The minimum Gasteiger partial charge on any atom is -0.395 e. The van der Waals surface area contributed by atoms with Crippen LogP contribution in [0.15, 0.2) is 22.7 Å². The Morgan fingerprint density at radius 2 is 2.13 bits per heavy atom. The summed E-state index contributed by atoms with van der Waals surface area (Å²) in [6.45, 7) is 1.48. The lowest BCUT2D eigenvalue weighted by atomic mass is 10.2. The molecule has 0 heterocycles. The van der Waals surface area contributed by atoms with Crippen LogP contribution in [0, 0.1) is 6.92 Å². The van der Waals surface area contributed by atoms with E-state index < -0.39 is 16.6 Å². The average molecular weight is 294 g/mol. The molecule has 0 aliphatic heterocycles. The molecule has 84 valence electrons. The number of sulfonamides is 1. The number of aliphatic hydroxyl groups excluding tert-OH is 1. The first-order valence-electron chi connectivity index (χ1n) is 4.33. The second kappa shape index (κ2) is 4.96. The number of aryl methyl sites for hydroxylation is 1. The van der Waals surface area contributed by atoms with Gasteiger partial charge in [-0.1, -0.05) is 12.1 Å². The molecule has 2 N–H and O–H groups in total. The Kier molecular flexibility index (Phi) is 4.12. The molecule has 0 bridgehead atoms. The van der Waals surface area contributed by atoms with Crippen molar-refractivity contribution in [2.24, 2.45) is 0 Å². The van der Waals surface area contributed by atoms with Crippen LogP contribution in [-0.4, -0.2) is 25.9 Å². The summed E-state index contributed by atoms with van der Waals surface area (Å²) in [6, 6.07) is 5.29. The van der Waals surface area contributed by atoms with E-state index in [1.165, 1.54) is 0 Å². The van der Waals surface area contributed by atoms with Crippen LogP contribution in [0.25, 0.3) is 0 Å². The molecule has 4 nitrogen and oxygen atoms in total. The van der Waals surface area contributed by atoms with Gasteiger partial charge >= 0.3 is 0 Å². The summed E-state index contributed by atoms with van der Waals surface area (Å²) in [6.07, 6.45) is 0. The first-order chi connectivity index (χ1) is 6.96. The van der Waals surface area contributed by atoms with Crippen LogP contribution in [0.4, 0.5) is 5.69 Å². The van der Waals surface area contributed by atoms with Crippen molar-refractivity contribution in [3.63, 3.8) is 0 Å². The maximum Gasteiger partial charge on any atom is 0.235 e. The summed E-state index contributed by atoms with van der Waals surface area (Å²) in [7, 11) is -3.45. The largest absolute Gasteiger partial charge is 0.395 e. The summed E-state index contributed by atoms with van der Waals surface area (Å²) in [4.78, 5) is 0. The smallest absolute Gasteiger partial charge is 0.235 e. The molecule has 0 saturated carbocycles. The van der Waals surface area contributed by atoms with Gasteiger partial charge in [-0.3, -0.25) is 4.72 Å². The fourth-order valence-electron chi connectivity index (χ4n) is 1.06. The Hall–Kier alpha value is -0.590. The zero-order valence-corrected chi connectivity index (χ0v) is 10.6. The Balaban J connectivity index is 2.95. The van der Waals surface area contributed by atoms with Gasteiger partial charge in [0.15, 0.2) is 0 Å². The third kappa shape index (κ3) is 3.48. The standard InChI is InChI=1S/C9H12BrNO3S/c1-7-3-2-4-8(9(7)10)11-15(13,14)6-5-12/h2-4,11-12H,5-6H2,1H3. The van der Waals surface area contributed by atoms with Crippen LogP contribution < -0.4 is 4.72 Å².